The van der Waals surface area contributed by atoms with Crippen molar-refractivity contribution in [2.24, 2.45) is 0 Å². The number of fused-ring (bicyclic) bond motifs is 2. The Morgan fingerprint density at radius 3 is 2.58 bits per heavy atom. The fourth-order valence-electron chi connectivity index (χ4n) is 4.65. The molecule has 0 saturated carbocycles. The van der Waals surface area contributed by atoms with Gasteiger partial charge in [0.25, 0.3) is 0 Å². The molecule has 0 spiro atoms. The Labute approximate surface area is 191 Å². The van der Waals surface area contributed by atoms with E-state index in [1.54, 1.807) is 0 Å². The Hall–Kier alpha value is -3.71. The van der Waals surface area contributed by atoms with Crippen LogP contribution >= 0.6 is 0 Å². The summed E-state index contributed by atoms with van der Waals surface area (Å²) in [6.45, 7) is 5.76. The molecule has 3 aromatic carbocycles. The van der Waals surface area contributed by atoms with Crippen LogP contribution in [0.2, 0.25) is 0 Å². The van der Waals surface area contributed by atoms with Gasteiger partial charge >= 0.3 is 0 Å². The number of likely N-dealkylation sites (tertiary alicyclic amines) is 1. The molecule has 0 atom stereocenters. The number of nitrogens with zero attached hydrogens (tertiary/aromatic N) is 4. The van der Waals surface area contributed by atoms with Crippen molar-refractivity contribution in [3.8, 4) is 28.4 Å². The highest BCUT2D eigenvalue weighted by Crippen LogP contribution is 2.32. The third-order valence-corrected chi connectivity index (χ3v) is 6.32. The molecular weight excluding hydrogens is 412 g/mol. The first kappa shape index (κ1) is 19.9. The fraction of sp³-hybridized carbons (Fsp3) is 0.269. The number of benzene rings is 3. The summed E-state index contributed by atoms with van der Waals surface area (Å²) in [7, 11) is 0. The molecule has 0 radical (unpaired) electrons. The van der Waals surface area contributed by atoms with Crippen LogP contribution in [0.15, 0.2) is 54.6 Å². The number of H-pyrrole nitrogens is 2. The third kappa shape index (κ3) is 3.85. The van der Waals surface area contributed by atoms with Gasteiger partial charge in [-0.15, -0.1) is 0 Å². The predicted molar refractivity (Wildman–Crippen MR) is 130 cm³/mol. The maximum Gasteiger partial charge on any atom is 0.181 e. The molecule has 33 heavy (non-hydrogen) atoms. The van der Waals surface area contributed by atoms with Gasteiger partial charge in [-0.1, -0.05) is 18.2 Å². The Bertz CT molecular complexity index is 1430. The van der Waals surface area contributed by atoms with Gasteiger partial charge in [-0.3, -0.25) is 15.1 Å². The van der Waals surface area contributed by atoms with Crippen LogP contribution < -0.4 is 4.74 Å². The fourth-order valence-corrected chi connectivity index (χ4v) is 4.65. The van der Waals surface area contributed by atoms with Crippen molar-refractivity contribution in [3.05, 3.63) is 60.4 Å². The molecule has 7 nitrogen and oxygen atoms in total. The van der Waals surface area contributed by atoms with Gasteiger partial charge < -0.3 is 4.74 Å². The average molecular weight is 439 g/mol. The van der Waals surface area contributed by atoms with E-state index in [2.05, 4.69) is 61.7 Å². The van der Waals surface area contributed by atoms with E-state index in [0.29, 0.717) is 6.61 Å². The second-order valence-electron chi connectivity index (χ2n) is 8.58. The molecule has 1 fully saturated rings. The molecule has 6 rings (SSSR count). The topological polar surface area (TPSA) is 82.7 Å². The maximum atomic E-state index is 5.63. The van der Waals surface area contributed by atoms with E-state index < -0.39 is 0 Å². The smallest absolute Gasteiger partial charge is 0.181 e. The van der Waals surface area contributed by atoms with E-state index in [9.17, 15) is 0 Å². The summed E-state index contributed by atoms with van der Waals surface area (Å²) in [5.41, 5.74) is 3.97. The summed E-state index contributed by atoms with van der Waals surface area (Å²) < 4.78 is 5.63. The van der Waals surface area contributed by atoms with Gasteiger partial charge in [0.1, 0.15) is 11.6 Å². The van der Waals surface area contributed by atoms with Crippen molar-refractivity contribution in [1.29, 1.82) is 0 Å². The maximum absolute atomic E-state index is 5.63. The molecule has 0 bridgehead atoms. The molecule has 3 heterocycles. The third-order valence-electron chi connectivity index (χ3n) is 6.32. The summed E-state index contributed by atoms with van der Waals surface area (Å²) in [6, 6.07) is 18.8. The zero-order valence-electron chi connectivity index (χ0n) is 18.6. The van der Waals surface area contributed by atoms with E-state index in [0.717, 1.165) is 75.5 Å². The minimum Gasteiger partial charge on any atom is -0.494 e. The number of nitrogens with one attached hydrogen (secondary N) is 2. The molecule has 2 N–H and O–H groups in total. The number of aromatic amines is 2. The summed E-state index contributed by atoms with van der Waals surface area (Å²) in [6.07, 6.45) is 2.53. The molecule has 0 amide bonds. The minimum absolute atomic E-state index is 0.662. The van der Waals surface area contributed by atoms with Crippen LogP contribution in [0.5, 0.6) is 5.75 Å². The van der Waals surface area contributed by atoms with E-state index in [1.807, 2.05) is 25.1 Å². The molecule has 1 aliphatic rings. The number of rotatable bonds is 6. The van der Waals surface area contributed by atoms with Crippen molar-refractivity contribution >= 4 is 21.7 Å². The van der Waals surface area contributed by atoms with Crippen molar-refractivity contribution < 1.29 is 4.74 Å². The number of ether oxygens (including phenoxy) is 1. The molecule has 166 valence electrons. The van der Waals surface area contributed by atoms with Gasteiger partial charge in [-0.25, -0.2) is 4.98 Å². The molecule has 2 aromatic heterocycles. The highest BCUT2D eigenvalue weighted by atomic mass is 16.5. The summed E-state index contributed by atoms with van der Waals surface area (Å²) in [5.74, 6) is 2.53. The van der Waals surface area contributed by atoms with Gasteiger partial charge in [-0.2, -0.15) is 10.2 Å². The molecule has 0 aliphatic carbocycles. The average Bonchev–Trinajstić information content (AvgIpc) is 3.60. The SMILES string of the molecule is CCOc1ccc2cc(-c3n[nH]c4ccc(-c5n[nH]c(CN6CCCC6)n5)cc34)ccc2c1. The zero-order valence-corrected chi connectivity index (χ0v) is 18.6. The van der Waals surface area contributed by atoms with Gasteiger partial charge in [-0.05, 0) is 80.0 Å². The summed E-state index contributed by atoms with van der Waals surface area (Å²) in [4.78, 5) is 7.17. The van der Waals surface area contributed by atoms with Crippen LogP contribution in [-0.4, -0.2) is 50.0 Å². The minimum atomic E-state index is 0.662. The Morgan fingerprint density at radius 2 is 1.70 bits per heavy atom. The highest BCUT2D eigenvalue weighted by molar-refractivity contribution is 5.97. The molecule has 5 aromatic rings. The van der Waals surface area contributed by atoms with E-state index >= 15 is 0 Å². The van der Waals surface area contributed by atoms with Gasteiger partial charge in [0, 0.05) is 16.5 Å². The zero-order chi connectivity index (χ0) is 22.2. The van der Waals surface area contributed by atoms with Crippen LogP contribution in [0.3, 0.4) is 0 Å². The lowest BCUT2D eigenvalue weighted by molar-refractivity contribution is 0.323. The van der Waals surface area contributed by atoms with Gasteiger partial charge in [0.15, 0.2) is 5.82 Å². The van der Waals surface area contributed by atoms with Crippen LogP contribution in [0, 0.1) is 0 Å². The summed E-state index contributed by atoms with van der Waals surface area (Å²) >= 11 is 0. The Kier molecular flexibility index (Phi) is 5.03. The lowest BCUT2D eigenvalue weighted by Gasteiger charge is -2.11. The first-order valence-corrected chi connectivity index (χ1v) is 11.6. The standard InChI is InChI=1S/C26H26N6O/c1-2-33-21-9-7-17-13-19(6-5-18(17)14-21)25-22-15-20(8-10-23(22)28-30-25)26-27-24(29-31-26)16-32-11-3-4-12-32/h5-10,13-15H,2-4,11-12,16H2,1H3,(H,28,30)(H,27,29,31). The monoisotopic (exact) mass is 438 g/mol. The second-order valence-corrected chi connectivity index (χ2v) is 8.58. The quantitative estimate of drug-likeness (QED) is 0.382. The second kappa shape index (κ2) is 8.33. The molecular formula is C26H26N6O. The predicted octanol–water partition coefficient (Wildman–Crippen LogP) is 5.16. The van der Waals surface area contributed by atoms with Crippen LogP contribution in [0.4, 0.5) is 0 Å². The lowest BCUT2D eigenvalue weighted by atomic mass is 10.0. The number of hydrogen-bond acceptors (Lipinski definition) is 5. The van der Waals surface area contributed by atoms with Crippen molar-refractivity contribution in [1.82, 2.24) is 30.3 Å². The largest absolute Gasteiger partial charge is 0.494 e. The normalized spacial score (nSPS) is 14.5. The summed E-state index contributed by atoms with van der Waals surface area (Å²) in [5, 5.41) is 18.8. The lowest BCUT2D eigenvalue weighted by Crippen LogP contribution is -2.19. The van der Waals surface area contributed by atoms with Crippen LogP contribution in [-0.2, 0) is 6.54 Å². The van der Waals surface area contributed by atoms with E-state index in [1.165, 1.54) is 12.8 Å². The first-order chi connectivity index (χ1) is 16.3. The van der Waals surface area contributed by atoms with Gasteiger partial charge in [0.05, 0.1) is 24.4 Å². The van der Waals surface area contributed by atoms with Gasteiger partial charge in [0.2, 0.25) is 0 Å². The number of hydrogen-bond donors (Lipinski definition) is 2. The Balaban J connectivity index is 1.33. The van der Waals surface area contributed by atoms with Crippen molar-refractivity contribution in [2.75, 3.05) is 19.7 Å². The van der Waals surface area contributed by atoms with E-state index in [4.69, 9.17) is 9.72 Å². The molecule has 7 heteroatoms. The molecule has 1 aliphatic heterocycles. The van der Waals surface area contributed by atoms with Crippen LogP contribution in [0.25, 0.3) is 44.3 Å². The molecule has 1 saturated heterocycles. The van der Waals surface area contributed by atoms with E-state index in [-0.39, 0.29) is 0 Å². The highest BCUT2D eigenvalue weighted by Gasteiger charge is 2.16. The first-order valence-electron chi connectivity index (χ1n) is 11.6. The number of aromatic nitrogens is 5. The van der Waals surface area contributed by atoms with Crippen LogP contribution in [0.1, 0.15) is 25.6 Å². The molecule has 0 unspecified atom stereocenters. The Morgan fingerprint density at radius 1 is 0.879 bits per heavy atom. The van der Waals surface area contributed by atoms with Crippen molar-refractivity contribution in [3.63, 3.8) is 0 Å². The van der Waals surface area contributed by atoms with Crippen molar-refractivity contribution in [2.45, 2.75) is 26.3 Å².